The van der Waals surface area contributed by atoms with Crippen molar-refractivity contribution in [1.29, 1.82) is 0 Å². The molecule has 0 fully saturated rings. The SMILES string of the molecule is COc1cccc(Cl)c1CNS(=O)(=O)c1c[nH]c(CN)c1. The first kappa shape index (κ1) is 15.8. The van der Waals surface area contributed by atoms with Crippen LogP contribution in [0.2, 0.25) is 5.02 Å². The minimum atomic E-state index is -3.64. The van der Waals surface area contributed by atoms with Gasteiger partial charge in [0.2, 0.25) is 10.0 Å². The van der Waals surface area contributed by atoms with Crippen LogP contribution in [-0.2, 0) is 23.1 Å². The second kappa shape index (κ2) is 6.48. The monoisotopic (exact) mass is 329 g/mol. The van der Waals surface area contributed by atoms with Gasteiger partial charge in [0.1, 0.15) is 5.75 Å². The summed E-state index contributed by atoms with van der Waals surface area (Å²) in [4.78, 5) is 2.93. The number of ether oxygens (including phenoxy) is 1. The number of hydrogen-bond acceptors (Lipinski definition) is 4. The topological polar surface area (TPSA) is 97.2 Å². The number of aromatic amines is 1. The van der Waals surface area contributed by atoms with Gasteiger partial charge in [0, 0.05) is 35.6 Å². The summed E-state index contributed by atoms with van der Waals surface area (Å²) in [7, 11) is -2.14. The fraction of sp³-hybridized carbons (Fsp3) is 0.231. The number of hydrogen-bond donors (Lipinski definition) is 3. The molecule has 4 N–H and O–H groups in total. The van der Waals surface area contributed by atoms with Gasteiger partial charge in [-0.2, -0.15) is 0 Å². The molecule has 6 nitrogen and oxygen atoms in total. The maximum Gasteiger partial charge on any atom is 0.242 e. The van der Waals surface area contributed by atoms with Gasteiger partial charge in [-0.1, -0.05) is 17.7 Å². The molecule has 1 aromatic carbocycles. The molecule has 1 aromatic heterocycles. The van der Waals surface area contributed by atoms with E-state index in [0.29, 0.717) is 22.0 Å². The molecular weight excluding hydrogens is 314 g/mol. The third-order valence-electron chi connectivity index (χ3n) is 2.98. The van der Waals surface area contributed by atoms with Crippen molar-refractivity contribution < 1.29 is 13.2 Å². The molecule has 0 amide bonds. The molecule has 1 heterocycles. The molecule has 0 saturated carbocycles. The highest BCUT2D eigenvalue weighted by Gasteiger charge is 2.17. The molecule has 0 radical (unpaired) electrons. The number of nitrogens with two attached hydrogens (primary N) is 1. The first-order chi connectivity index (χ1) is 9.97. The third-order valence-corrected chi connectivity index (χ3v) is 4.72. The van der Waals surface area contributed by atoms with Crippen LogP contribution in [0.25, 0.3) is 0 Å². The Morgan fingerprint density at radius 3 is 2.81 bits per heavy atom. The smallest absolute Gasteiger partial charge is 0.242 e. The summed E-state index contributed by atoms with van der Waals surface area (Å²) >= 11 is 6.07. The van der Waals surface area contributed by atoms with Gasteiger partial charge in [-0.15, -0.1) is 0 Å². The van der Waals surface area contributed by atoms with Crippen LogP contribution in [0, 0.1) is 0 Å². The molecule has 0 aliphatic heterocycles. The van der Waals surface area contributed by atoms with E-state index in [-0.39, 0.29) is 18.0 Å². The number of H-pyrrole nitrogens is 1. The van der Waals surface area contributed by atoms with E-state index in [1.165, 1.54) is 19.4 Å². The molecule has 0 spiro atoms. The Bertz CT molecular complexity index is 728. The number of sulfonamides is 1. The van der Waals surface area contributed by atoms with Crippen molar-refractivity contribution in [3.05, 3.63) is 46.7 Å². The molecule has 114 valence electrons. The molecule has 21 heavy (non-hydrogen) atoms. The van der Waals surface area contributed by atoms with Crippen molar-refractivity contribution in [3.63, 3.8) is 0 Å². The van der Waals surface area contributed by atoms with Crippen LogP contribution in [0.15, 0.2) is 35.4 Å². The summed E-state index contributed by atoms with van der Waals surface area (Å²) in [6, 6.07) is 6.62. The van der Waals surface area contributed by atoms with Crippen molar-refractivity contribution in [3.8, 4) is 5.75 Å². The summed E-state index contributed by atoms with van der Waals surface area (Å²) in [6.45, 7) is 0.280. The summed E-state index contributed by atoms with van der Waals surface area (Å²) in [5, 5.41) is 0.439. The highest BCUT2D eigenvalue weighted by atomic mass is 35.5. The molecule has 0 bridgehead atoms. The minimum absolute atomic E-state index is 0.0360. The molecule has 2 rings (SSSR count). The van der Waals surface area contributed by atoms with Gasteiger partial charge in [0.15, 0.2) is 0 Å². The van der Waals surface area contributed by atoms with E-state index in [0.717, 1.165) is 0 Å². The molecule has 0 aliphatic carbocycles. The molecule has 0 aliphatic rings. The fourth-order valence-corrected chi connectivity index (χ4v) is 3.09. The Morgan fingerprint density at radius 2 is 2.19 bits per heavy atom. The minimum Gasteiger partial charge on any atom is -0.496 e. The molecule has 0 saturated heterocycles. The van der Waals surface area contributed by atoms with Crippen LogP contribution < -0.4 is 15.2 Å². The van der Waals surface area contributed by atoms with Gasteiger partial charge in [-0.05, 0) is 18.2 Å². The lowest BCUT2D eigenvalue weighted by molar-refractivity contribution is 0.409. The van der Waals surface area contributed by atoms with Crippen LogP contribution in [0.1, 0.15) is 11.3 Å². The second-order valence-electron chi connectivity index (χ2n) is 4.31. The van der Waals surface area contributed by atoms with E-state index >= 15 is 0 Å². The quantitative estimate of drug-likeness (QED) is 0.750. The number of benzene rings is 1. The lowest BCUT2D eigenvalue weighted by Gasteiger charge is -2.11. The highest BCUT2D eigenvalue weighted by Crippen LogP contribution is 2.26. The number of aromatic nitrogens is 1. The summed E-state index contributed by atoms with van der Waals surface area (Å²) in [6.07, 6.45) is 1.40. The van der Waals surface area contributed by atoms with E-state index in [4.69, 9.17) is 22.1 Å². The Hall–Kier alpha value is -1.54. The number of halogens is 1. The molecule has 0 atom stereocenters. The second-order valence-corrected chi connectivity index (χ2v) is 6.48. The first-order valence-electron chi connectivity index (χ1n) is 6.16. The lowest BCUT2D eigenvalue weighted by Crippen LogP contribution is -2.23. The van der Waals surface area contributed by atoms with Crippen LogP contribution in [0.4, 0.5) is 0 Å². The van der Waals surface area contributed by atoms with Crippen molar-refractivity contribution in [2.24, 2.45) is 5.73 Å². The summed E-state index contributed by atoms with van der Waals surface area (Å²) < 4.78 is 32.0. The van der Waals surface area contributed by atoms with Crippen molar-refractivity contribution in [2.75, 3.05) is 7.11 Å². The molecule has 0 unspecified atom stereocenters. The highest BCUT2D eigenvalue weighted by molar-refractivity contribution is 7.89. The van der Waals surface area contributed by atoms with E-state index in [1.807, 2.05) is 0 Å². The van der Waals surface area contributed by atoms with Crippen LogP contribution >= 0.6 is 11.6 Å². The maximum atomic E-state index is 12.2. The zero-order chi connectivity index (χ0) is 15.5. The number of nitrogens with one attached hydrogen (secondary N) is 2. The fourth-order valence-electron chi connectivity index (χ4n) is 1.84. The van der Waals surface area contributed by atoms with Gasteiger partial charge < -0.3 is 15.5 Å². The number of rotatable bonds is 6. The maximum absolute atomic E-state index is 12.2. The molecular formula is C13H16ClN3O3S. The van der Waals surface area contributed by atoms with Crippen molar-refractivity contribution in [1.82, 2.24) is 9.71 Å². The van der Waals surface area contributed by atoms with E-state index in [2.05, 4.69) is 9.71 Å². The van der Waals surface area contributed by atoms with Gasteiger partial charge in [-0.25, -0.2) is 13.1 Å². The third kappa shape index (κ3) is 3.56. The molecule has 2 aromatic rings. The number of methoxy groups -OCH3 is 1. The van der Waals surface area contributed by atoms with Crippen LogP contribution in [-0.4, -0.2) is 20.5 Å². The normalized spacial score (nSPS) is 11.6. The predicted octanol–water partition coefficient (Wildman–Crippen LogP) is 1.61. The van der Waals surface area contributed by atoms with Gasteiger partial charge in [0.25, 0.3) is 0 Å². The van der Waals surface area contributed by atoms with Gasteiger partial charge in [-0.3, -0.25) is 0 Å². The predicted molar refractivity (Wildman–Crippen MR) is 80.7 cm³/mol. The Labute approximate surface area is 128 Å². The average molecular weight is 330 g/mol. The molecule has 8 heteroatoms. The van der Waals surface area contributed by atoms with Crippen LogP contribution in [0.3, 0.4) is 0 Å². The standard InChI is InChI=1S/C13H16ClN3O3S/c1-20-13-4-2-3-12(14)11(13)8-17-21(18,19)10-5-9(6-15)16-7-10/h2-5,7,16-17H,6,8,15H2,1H3. The average Bonchev–Trinajstić information content (AvgIpc) is 2.95. The van der Waals surface area contributed by atoms with Gasteiger partial charge >= 0.3 is 0 Å². The Balaban J connectivity index is 2.19. The zero-order valence-electron chi connectivity index (χ0n) is 11.4. The van der Waals surface area contributed by atoms with Crippen LogP contribution in [0.5, 0.6) is 5.75 Å². The summed E-state index contributed by atoms with van der Waals surface area (Å²) in [5.74, 6) is 0.530. The van der Waals surface area contributed by atoms with E-state index in [9.17, 15) is 8.42 Å². The Morgan fingerprint density at radius 1 is 1.43 bits per heavy atom. The van der Waals surface area contributed by atoms with Crippen molar-refractivity contribution >= 4 is 21.6 Å². The zero-order valence-corrected chi connectivity index (χ0v) is 13.0. The van der Waals surface area contributed by atoms with Gasteiger partial charge in [0.05, 0.1) is 12.0 Å². The first-order valence-corrected chi connectivity index (χ1v) is 8.02. The Kier molecular flexibility index (Phi) is 4.89. The van der Waals surface area contributed by atoms with Crippen molar-refractivity contribution in [2.45, 2.75) is 18.0 Å². The lowest BCUT2D eigenvalue weighted by atomic mass is 10.2. The van der Waals surface area contributed by atoms with E-state index in [1.54, 1.807) is 18.2 Å². The largest absolute Gasteiger partial charge is 0.496 e. The summed E-state index contributed by atoms with van der Waals surface area (Å²) in [5.41, 5.74) is 6.68. The van der Waals surface area contributed by atoms with E-state index < -0.39 is 10.0 Å².